The van der Waals surface area contributed by atoms with Gasteiger partial charge in [-0.1, -0.05) is 59.6 Å². The Hall–Kier alpha value is -2.69. The van der Waals surface area contributed by atoms with Crippen molar-refractivity contribution in [2.45, 2.75) is 6.42 Å². The second-order valence-corrected chi connectivity index (χ2v) is 6.98. The lowest BCUT2D eigenvalue weighted by atomic mass is 10.2. The normalized spacial score (nSPS) is 10.4. The van der Waals surface area contributed by atoms with Crippen molar-refractivity contribution in [1.82, 2.24) is 0 Å². The molecule has 144 valence electrons. The van der Waals surface area contributed by atoms with Crippen LogP contribution in [0.1, 0.15) is 5.56 Å². The standard InChI is InChI=1S/C22H20Cl2N2O2/c23-17-9-10-21(20(24)13-17)26-22(27)15-25-18-7-4-8-19(14-18)28-12-11-16-5-2-1-3-6-16/h1-10,13-14,25H,11-12,15H2,(H,26,27). The van der Waals surface area contributed by atoms with Crippen molar-refractivity contribution in [1.29, 1.82) is 0 Å². The van der Waals surface area contributed by atoms with Crippen LogP contribution in [0.2, 0.25) is 10.0 Å². The Bertz CT molecular complexity index is 933. The van der Waals surface area contributed by atoms with Gasteiger partial charge in [0.05, 0.1) is 23.9 Å². The monoisotopic (exact) mass is 414 g/mol. The summed E-state index contributed by atoms with van der Waals surface area (Å²) in [7, 11) is 0. The minimum absolute atomic E-state index is 0.104. The third kappa shape index (κ3) is 6.19. The van der Waals surface area contributed by atoms with Crippen LogP contribution in [-0.2, 0) is 11.2 Å². The molecule has 2 N–H and O–H groups in total. The van der Waals surface area contributed by atoms with Crippen molar-refractivity contribution in [2.75, 3.05) is 23.8 Å². The van der Waals surface area contributed by atoms with Gasteiger partial charge in [0.1, 0.15) is 5.75 Å². The summed E-state index contributed by atoms with van der Waals surface area (Å²) >= 11 is 11.9. The van der Waals surface area contributed by atoms with E-state index in [1.165, 1.54) is 5.56 Å². The number of anilines is 2. The summed E-state index contributed by atoms with van der Waals surface area (Å²) in [4.78, 5) is 12.1. The maximum absolute atomic E-state index is 12.1. The fraction of sp³-hybridized carbons (Fsp3) is 0.136. The average molecular weight is 415 g/mol. The minimum Gasteiger partial charge on any atom is -0.493 e. The maximum atomic E-state index is 12.1. The number of carbonyl (C=O) groups excluding carboxylic acids is 1. The molecule has 0 fully saturated rings. The summed E-state index contributed by atoms with van der Waals surface area (Å²) in [6.07, 6.45) is 0.836. The average Bonchev–Trinajstić information content (AvgIpc) is 2.70. The Morgan fingerprint density at radius 1 is 0.929 bits per heavy atom. The number of amides is 1. The van der Waals surface area contributed by atoms with Gasteiger partial charge in [-0.05, 0) is 35.9 Å². The van der Waals surface area contributed by atoms with Crippen molar-refractivity contribution < 1.29 is 9.53 Å². The first-order valence-electron chi connectivity index (χ1n) is 8.86. The van der Waals surface area contributed by atoms with E-state index in [1.54, 1.807) is 18.2 Å². The predicted molar refractivity (Wildman–Crippen MR) is 116 cm³/mol. The molecule has 0 spiro atoms. The third-order valence-electron chi connectivity index (χ3n) is 3.99. The number of halogens is 2. The Kier molecular flexibility index (Phi) is 7.18. The van der Waals surface area contributed by atoms with Gasteiger partial charge >= 0.3 is 0 Å². The summed E-state index contributed by atoms with van der Waals surface area (Å²) in [6.45, 7) is 0.690. The molecule has 3 aromatic carbocycles. The van der Waals surface area contributed by atoms with E-state index in [4.69, 9.17) is 27.9 Å². The van der Waals surface area contributed by atoms with Gasteiger partial charge in [0.2, 0.25) is 5.91 Å². The van der Waals surface area contributed by atoms with Gasteiger partial charge in [-0.3, -0.25) is 4.79 Å². The van der Waals surface area contributed by atoms with E-state index in [1.807, 2.05) is 42.5 Å². The number of hydrogen-bond acceptors (Lipinski definition) is 3. The zero-order valence-corrected chi connectivity index (χ0v) is 16.6. The van der Waals surface area contributed by atoms with Gasteiger partial charge < -0.3 is 15.4 Å². The van der Waals surface area contributed by atoms with Gasteiger partial charge in [0.25, 0.3) is 0 Å². The lowest BCUT2D eigenvalue weighted by Crippen LogP contribution is -2.21. The largest absolute Gasteiger partial charge is 0.493 e. The molecule has 4 nitrogen and oxygen atoms in total. The highest BCUT2D eigenvalue weighted by molar-refractivity contribution is 6.36. The van der Waals surface area contributed by atoms with Gasteiger partial charge in [-0.25, -0.2) is 0 Å². The number of carbonyl (C=O) groups is 1. The molecule has 6 heteroatoms. The maximum Gasteiger partial charge on any atom is 0.243 e. The van der Waals surface area contributed by atoms with Crippen LogP contribution in [0.15, 0.2) is 72.8 Å². The Labute approximate surface area is 174 Å². The molecule has 3 aromatic rings. The molecule has 0 aliphatic rings. The first kappa shape index (κ1) is 20.1. The molecular weight excluding hydrogens is 395 g/mol. The summed E-state index contributed by atoms with van der Waals surface area (Å²) < 4.78 is 5.81. The number of nitrogens with one attached hydrogen (secondary N) is 2. The van der Waals surface area contributed by atoms with Crippen molar-refractivity contribution in [3.8, 4) is 5.75 Å². The number of benzene rings is 3. The number of ether oxygens (including phenoxy) is 1. The van der Waals surface area contributed by atoms with E-state index >= 15 is 0 Å². The van der Waals surface area contributed by atoms with E-state index in [0.29, 0.717) is 22.3 Å². The van der Waals surface area contributed by atoms with E-state index in [9.17, 15) is 4.79 Å². The molecule has 0 radical (unpaired) electrons. The molecule has 1 amide bonds. The van der Waals surface area contributed by atoms with E-state index < -0.39 is 0 Å². The molecule has 0 aromatic heterocycles. The zero-order chi connectivity index (χ0) is 19.8. The topological polar surface area (TPSA) is 50.4 Å². The minimum atomic E-state index is -0.209. The molecule has 0 saturated heterocycles. The smallest absolute Gasteiger partial charge is 0.243 e. The van der Waals surface area contributed by atoms with Crippen LogP contribution in [0, 0.1) is 0 Å². The molecule has 0 heterocycles. The lowest BCUT2D eigenvalue weighted by molar-refractivity contribution is -0.114. The Balaban J connectivity index is 1.48. The summed E-state index contributed by atoms with van der Waals surface area (Å²) in [5.74, 6) is 0.543. The van der Waals surface area contributed by atoms with Crippen LogP contribution in [0.3, 0.4) is 0 Å². The highest BCUT2D eigenvalue weighted by atomic mass is 35.5. The van der Waals surface area contributed by atoms with Crippen LogP contribution < -0.4 is 15.4 Å². The van der Waals surface area contributed by atoms with Crippen molar-refractivity contribution in [2.24, 2.45) is 0 Å². The highest BCUT2D eigenvalue weighted by Gasteiger charge is 2.07. The number of hydrogen-bond donors (Lipinski definition) is 2. The van der Waals surface area contributed by atoms with Crippen LogP contribution >= 0.6 is 23.2 Å². The molecular formula is C22H20Cl2N2O2. The molecule has 0 aliphatic heterocycles. The molecule has 3 rings (SSSR count). The molecule has 0 atom stereocenters. The molecule has 28 heavy (non-hydrogen) atoms. The third-order valence-corrected chi connectivity index (χ3v) is 4.54. The van der Waals surface area contributed by atoms with Crippen LogP contribution in [0.5, 0.6) is 5.75 Å². The highest BCUT2D eigenvalue weighted by Crippen LogP contribution is 2.25. The molecule has 0 unspecified atom stereocenters. The van der Waals surface area contributed by atoms with Crippen molar-refractivity contribution in [3.63, 3.8) is 0 Å². The van der Waals surface area contributed by atoms with Gasteiger partial charge in [0.15, 0.2) is 0 Å². The molecule has 0 aliphatic carbocycles. The molecule has 0 bridgehead atoms. The molecule has 0 saturated carbocycles. The summed E-state index contributed by atoms with van der Waals surface area (Å²) in [6, 6.07) is 22.6. The number of rotatable bonds is 8. The van der Waals surface area contributed by atoms with Crippen LogP contribution in [-0.4, -0.2) is 19.1 Å². The summed E-state index contributed by atoms with van der Waals surface area (Å²) in [5, 5.41) is 6.75. The second-order valence-electron chi connectivity index (χ2n) is 6.14. The first-order chi connectivity index (χ1) is 13.6. The lowest BCUT2D eigenvalue weighted by Gasteiger charge is -2.11. The van der Waals surface area contributed by atoms with E-state index in [0.717, 1.165) is 17.9 Å². The van der Waals surface area contributed by atoms with E-state index in [-0.39, 0.29) is 12.5 Å². The SMILES string of the molecule is O=C(CNc1cccc(OCCc2ccccc2)c1)Nc1ccc(Cl)cc1Cl. The fourth-order valence-corrected chi connectivity index (χ4v) is 3.05. The fourth-order valence-electron chi connectivity index (χ4n) is 2.59. The van der Waals surface area contributed by atoms with Crippen LogP contribution in [0.4, 0.5) is 11.4 Å². The van der Waals surface area contributed by atoms with Crippen molar-refractivity contribution >= 4 is 40.5 Å². The van der Waals surface area contributed by atoms with Gasteiger partial charge in [-0.2, -0.15) is 0 Å². The van der Waals surface area contributed by atoms with Crippen LogP contribution in [0.25, 0.3) is 0 Å². The Morgan fingerprint density at radius 2 is 1.75 bits per heavy atom. The van der Waals surface area contributed by atoms with Crippen molar-refractivity contribution in [3.05, 3.63) is 88.4 Å². The quantitative estimate of drug-likeness (QED) is 0.499. The zero-order valence-electron chi connectivity index (χ0n) is 15.1. The van der Waals surface area contributed by atoms with Gasteiger partial charge in [-0.15, -0.1) is 0 Å². The first-order valence-corrected chi connectivity index (χ1v) is 9.61. The summed E-state index contributed by atoms with van der Waals surface area (Å²) in [5.41, 5.74) is 2.56. The predicted octanol–water partition coefficient (Wildman–Crippen LogP) is 5.67. The Morgan fingerprint density at radius 3 is 2.54 bits per heavy atom. The second kappa shape index (κ2) is 10.0. The van der Waals surface area contributed by atoms with E-state index in [2.05, 4.69) is 22.8 Å². The van der Waals surface area contributed by atoms with Gasteiger partial charge in [0, 0.05) is 23.2 Å².